The predicted molar refractivity (Wildman–Crippen MR) is 74.4 cm³/mol. The number of hydrogen-bond donors (Lipinski definition) is 1. The smallest absolute Gasteiger partial charge is 0.0346 e. The summed E-state index contributed by atoms with van der Waals surface area (Å²) >= 11 is 0. The summed E-state index contributed by atoms with van der Waals surface area (Å²) in [7, 11) is 0. The molecule has 2 heteroatoms. The van der Waals surface area contributed by atoms with Gasteiger partial charge in [0.1, 0.15) is 0 Å². The highest BCUT2D eigenvalue weighted by Gasteiger charge is 2.14. The van der Waals surface area contributed by atoms with Crippen molar-refractivity contribution >= 4 is 0 Å². The maximum atomic E-state index is 4.38. The normalized spacial score (nSPS) is 19.0. The molecule has 0 spiro atoms. The molecule has 92 valence electrons. The summed E-state index contributed by atoms with van der Waals surface area (Å²) in [5.41, 5.74) is 3.79. The summed E-state index contributed by atoms with van der Waals surface area (Å²) < 4.78 is 0. The van der Waals surface area contributed by atoms with Crippen molar-refractivity contribution in [1.29, 1.82) is 0 Å². The van der Waals surface area contributed by atoms with Crippen LogP contribution in [0.25, 0.3) is 11.1 Å². The van der Waals surface area contributed by atoms with Gasteiger partial charge in [-0.15, -0.1) is 0 Å². The lowest BCUT2D eigenvalue weighted by Gasteiger charge is -2.10. The second-order valence-corrected chi connectivity index (χ2v) is 4.95. The summed E-state index contributed by atoms with van der Waals surface area (Å²) in [4.78, 5) is 4.38. The number of nitrogens with zero attached hydrogens (tertiary/aromatic N) is 1. The number of hydrogen-bond acceptors (Lipinski definition) is 2. The zero-order valence-electron chi connectivity index (χ0n) is 10.5. The van der Waals surface area contributed by atoms with Crippen molar-refractivity contribution < 1.29 is 0 Å². The van der Waals surface area contributed by atoms with Gasteiger partial charge < -0.3 is 5.32 Å². The van der Waals surface area contributed by atoms with Crippen molar-refractivity contribution in [3.63, 3.8) is 0 Å². The van der Waals surface area contributed by atoms with Gasteiger partial charge in [-0.3, -0.25) is 4.98 Å². The van der Waals surface area contributed by atoms with E-state index in [0.29, 0.717) is 6.04 Å². The maximum Gasteiger partial charge on any atom is 0.0346 e. The highest BCUT2D eigenvalue weighted by Crippen LogP contribution is 2.20. The number of benzene rings is 1. The van der Waals surface area contributed by atoms with Gasteiger partial charge in [-0.2, -0.15) is 0 Å². The van der Waals surface area contributed by atoms with Gasteiger partial charge >= 0.3 is 0 Å². The minimum atomic E-state index is 0.637. The number of rotatable bonds is 3. The molecule has 1 aromatic heterocycles. The molecule has 1 fully saturated rings. The van der Waals surface area contributed by atoms with Gasteiger partial charge in [-0.05, 0) is 43.0 Å². The number of pyridine rings is 1. The van der Waals surface area contributed by atoms with E-state index in [0.717, 1.165) is 13.0 Å². The highest BCUT2D eigenvalue weighted by molar-refractivity contribution is 5.62. The Labute approximate surface area is 108 Å². The SMILES string of the molecule is c1ccc(-c2cncc(CC3CCCN3)c2)cc1. The highest BCUT2D eigenvalue weighted by atomic mass is 14.9. The molecule has 0 saturated carbocycles. The Hall–Kier alpha value is -1.67. The summed E-state index contributed by atoms with van der Waals surface area (Å²) in [5.74, 6) is 0. The molecule has 1 saturated heterocycles. The monoisotopic (exact) mass is 238 g/mol. The predicted octanol–water partition coefficient (Wildman–Crippen LogP) is 3.04. The molecular weight excluding hydrogens is 220 g/mol. The van der Waals surface area contributed by atoms with E-state index in [-0.39, 0.29) is 0 Å². The lowest BCUT2D eigenvalue weighted by atomic mass is 10.0. The molecule has 1 aromatic carbocycles. The average Bonchev–Trinajstić information content (AvgIpc) is 2.93. The second kappa shape index (κ2) is 5.32. The molecule has 1 aliphatic rings. The molecule has 2 heterocycles. The lowest BCUT2D eigenvalue weighted by molar-refractivity contribution is 0.602. The van der Waals surface area contributed by atoms with Crippen LogP contribution in [0, 0.1) is 0 Å². The Kier molecular flexibility index (Phi) is 3.37. The second-order valence-electron chi connectivity index (χ2n) is 4.95. The zero-order valence-corrected chi connectivity index (χ0v) is 10.5. The molecule has 2 nitrogen and oxygen atoms in total. The molecule has 0 aliphatic carbocycles. The van der Waals surface area contributed by atoms with Gasteiger partial charge in [0.05, 0.1) is 0 Å². The third kappa shape index (κ3) is 2.59. The van der Waals surface area contributed by atoms with Crippen LogP contribution in [0.5, 0.6) is 0 Å². The molecule has 0 radical (unpaired) electrons. The van der Waals surface area contributed by atoms with Crippen molar-refractivity contribution in [1.82, 2.24) is 10.3 Å². The van der Waals surface area contributed by atoms with Crippen LogP contribution in [0.2, 0.25) is 0 Å². The molecule has 0 bridgehead atoms. The molecule has 18 heavy (non-hydrogen) atoms. The van der Waals surface area contributed by atoms with Crippen molar-refractivity contribution in [2.24, 2.45) is 0 Å². The third-order valence-corrected chi connectivity index (χ3v) is 3.55. The summed E-state index contributed by atoms with van der Waals surface area (Å²) in [6, 6.07) is 13.4. The molecule has 2 aromatic rings. The van der Waals surface area contributed by atoms with E-state index >= 15 is 0 Å². The Morgan fingerprint density at radius 3 is 2.78 bits per heavy atom. The van der Waals surface area contributed by atoms with Crippen LogP contribution in [0.1, 0.15) is 18.4 Å². The zero-order chi connectivity index (χ0) is 12.2. The molecule has 1 atom stereocenters. The van der Waals surface area contributed by atoms with E-state index in [1.807, 2.05) is 18.5 Å². The van der Waals surface area contributed by atoms with Gasteiger partial charge in [0.15, 0.2) is 0 Å². The minimum absolute atomic E-state index is 0.637. The standard InChI is InChI=1S/C16H18N2/c1-2-5-14(6-3-1)15-9-13(11-17-12-15)10-16-7-4-8-18-16/h1-3,5-6,9,11-12,16,18H,4,7-8,10H2. The van der Waals surface area contributed by atoms with Crippen LogP contribution in [0.3, 0.4) is 0 Å². The van der Waals surface area contributed by atoms with Gasteiger partial charge in [0.2, 0.25) is 0 Å². The van der Waals surface area contributed by atoms with Gasteiger partial charge in [-0.25, -0.2) is 0 Å². The summed E-state index contributed by atoms with van der Waals surface area (Å²) in [6.45, 7) is 1.16. The molecule has 1 unspecified atom stereocenters. The fraction of sp³-hybridized carbons (Fsp3) is 0.312. The maximum absolute atomic E-state index is 4.38. The summed E-state index contributed by atoms with van der Waals surface area (Å²) in [5, 5.41) is 3.54. The molecule has 1 N–H and O–H groups in total. The van der Waals surface area contributed by atoms with Gasteiger partial charge in [-0.1, -0.05) is 30.3 Å². The van der Waals surface area contributed by atoms with Crippen LogP contribution in [-0.4, -0.2) is 17.6 Å². The Bertz CT molecular complexity index is 502. The fourth-order valence-corrected chi connectivity index (χ4v) is 2.60. The first-order valence-electron chi connectivity index (χ1n) is 6.64. The minimum Gasteiger partial charge on any atom is -0.314 e. The topological polar surface area (TPSA) is 24.9 Å². The van der Waals surface area contributed by atoms with Gasteiger partial charge in [0.25, 0.3) is 0 Å². The first kappa shape index (κ1) is 11.4. The van der Waals surface area contributed by atoms with Crippen molar-refractivity contribution in [3.8, 4) is 11.1 Å². The lowest BCUT2D eigenvalue weighted by Crippen LogP contribution is -2.23. The Morgan fingerprint density at radius 2 is 2.00 bits per heavy atom. The van der Waals surface area contributed by atoms with Crippen molar-refractivity contribution in [3.05, 3.63) is 54.4 Å². The van der Waals surface area contributed by atoms with Crippen molar-refractivity contribution in [2.75, 3.05) is 6.54 Å². The Balaban J connectivity index is 1.80. The van der Waals surface area contributed by atoms with E-state index in [1.165, 1.54) is 29.5 Å². The van der Waals surface area contributed by atoms with E-state index in [9.17, 15) is 0 Å². The quantitative estimate of drug-likeness (QED) is 0.889. The number of aromatic nitrogens is 1. The van der Waals surface area contributed by atoms with Crippen molar-refractivity contribution in [2.45, 2.75) is 25.3 Å². The largest absolute Gasteiger partial charge is 0.314 e. The van der Waals surface area contributed by atoms with Crippen LogP contribution >= 0.6 is 0 Å². The van der Waals surface area contributed by atoms with Crippen LogP contribution in [0.4, 0.5) is 0 Å². The molecular formula is C16H18N2. The Morgan fingerprint density at radius 1 is 1.11 bits per heavy atom. The number of nitrogens with one attached hydrogen (secondary N) is 1. The molecule has 0 amide bonds. The fourth-order valence-electron chi connectivity index (χ4n) is 2.60. The molecule has 1 aliphatic heterocycles. The average molecular weight is 238 g/mol. The molecule has 3 rings (SSSR count). The van der Waals surface area contributed by atoms with E-state index < -0.39 is 0 Å². The van der Waals surface area contributed by atoms with Gasteiger partial charge in [0, 0.05) is 24.0 Å². The third-order valence-electron chi connectivity index (χ3n) is 3.55. The first-order chi connectivity index (χ1) is 8.92. The van der Waals surface area contributed by atoms with E-state index in [1.54, 1.807) is 0 Å². The van der Waals surface area contributed by atoms with E-state index in [2.05, 4.69) is 40.6 Å². The van der Waals surface area contributed by atoms with Crippen LogP contribution < -0.4 is 5.32 Å². The summed E-state index contributed by atoms with van der Waals surface area (Å²) in [6.07, 6.45) is 7.62. The first-order valence-corrected chi connectivity index (χ1v) is 6.64. The van der Waals surface area contributed by atoms with Crippen LogP contribution in [0.15, 0.2) is 48.8 Å². The van der Waals surface area contributed by atoms with E-state index in [4.69, 9.17) is 0 Å². The van der Waals surface area contributed by atoms with Crippen LogP contribution in [-0.2, 0) is 6.42 Å².